The normalized spacial score (nSPS) is 10.2. The zero-order valence-electron chi connectivity index (χ0n) is 13.1. The molecule has 24 heavy (non-hydrogen) atoms. The third-order valence-electron chi connectivity index (χ3n) is 3.27. The number of carbonyl (C=O) groups excluding carboxylic acids is 2. The van der Waals surface area contributed by atoms with Crippen LogP contribution in [0, 0.1) is 18.6 Å². The van der Waals surface area contributed by atoms with Gasteiger partial charge in [0, 0.05) is 11.8 Å². The molecule has 2 rings (SSSR count). The summed E-state index contributed by atoms with van der Waals surface area (Å²) in [6.07, 6.45) is 0. The molecule has 1 N–H and O–H groups in total. The van der Waals surface area contributed by atoms with Crippen LogP contribution >= 0.6 is 0 Å². The van der Waals surface area contributed by atoms with Crippen LogP contribution in [0.4, 0.5) is 14.5 Å². The largest absolute Gasteiger partial charge is 0.481 e. The Balaban J connectivity index is 2.03. The van der Waals surface area contributed by atoms with Crippen LogP contribution in [0.15, 0.2) is 36.4 Å². The minimum absolute atomic E-state index is 0.230. The standard InChI is InChI=1S/C17H15F2NO4/c1-10-12(17(22)23-2)4-3-5-14(10)20-16(21)9-24-15-7-6-11(18)8-13(15)19/h3-8H,9H2,1-2H3,(H,20,21). The van der Waals surface area contributed by atoms with Gasteiger partial charge in [0.2, 0.25) is 0 Å². The first-order chi connectivity index (χ1) is 11.4. The second-order valence-corrected chi connectivity index (χ2v) is 4.88. The minimum Gasteiger partial charge on any atom is -0.481 e. The smallest absolute Gasteiger partial charge is 0.338 e. The number of methoxy groups -OCH3 is 1. The Hall–Kier alpha value is -2.96. The van der Waals surface area contributed by atoms with Gasteiger partial charge >= 0.3 is 5.97 Å². The van der Waals surface area contributed by atoms with E-state index in [2.05, 4.69) is 10.1 Å². The van der Waals surface area contributed by atoms with E-state index in [4.69, 9.17) is 4.74 Å². The van der Waals surface area contributed by atoms with Gasteiger partial charge in [-0.15, -0.1) is 0 Å². The molecule has 0 aromatic heterocycles. The fourth-order valence-corrected chi connectivity index (χ4v) is 2.02. The molecule has 0 heterocycles. The van der Waals surface area contributed by atoms with E-state index in [-0.39, 0.29) is 5.75 Å². The van der Waals surface area contributed by atoms with Crippen molar-refractivity contribution < 1.29 is 27.8 Å². The van der Waals surface area contributed by atoms with Crippen molar-refractivity contribution in [3.63, 3.8) is 0 Å². The molecule has 0 saturated carbocycles. The summed E-state index contributed by atoms with van der Waals surface area (Å²) in [7, 11) is 1.26. The topological polar surface area (TPSA) is 64.6 Å². The SMILES string of the molecule is COC(=O)c1cccc(NC(=O)COc2ccc(F)cc2F)c1C. The minimum atomic E-state index is -0.897. The van der Waals surface area contributed by atoms with Gasteiger partial charge in [-0.25, -0.2) is 13.6 Å². The van der Waals surface area contributed by atoms with Crippen molar-refractivity contribution in [2.75, 3.05) is 19.0 Å². The Morgan fingerprint density at radius 2 is 1.92 bits per heavy atom. The number of hydrogen-bond acceptors (Lipinski definition) is 4. The highest BCUT2D eigenvalue weighted by Crippen LogP contribution is 2.20. The lowest BCUT2D eigenvalue weighted by atomic mass is 10.1. The highest BCUT2D eigenvalue weighted by molar-refractivity contribution is 5.97. The number of benzene rings is 2. The Bertz CT molecular complexity index is 777. The van der Waals surface area contributed by atoms with Gasteiger partial charge < -0.3 is 14.8 Å². The van der Waals surface area contributed by atoms with Crippen LogP contribution in [-0.2, 0) is 9.53 Å². The number of ether oxygens (including phenoxy) is 2. The number of rotatable bonds is 5. The van der Waals surface area contributed by atoms with Gasteiger partial charge in [0.25, 0.3) is 5.91 Å². The summed E-state index contributed by atoms with van der Waals surface area (Å²) in [4.78, 5) is 23.5. The molecule has 0 aliphatic carbocycles. The van der Waals surface area contributed by atoms with E-state index in [1.807, 2.05) is 0 Å². The lowest BCUT2D eigenvalue weighted by Crippen LogP contribution is -2.21. The Morgan fingerprint density at radius 1 is 1.17 bits per heavy atom. The summed E-state index contributed by atoms with van der Waals surface area (Å²) in [5.41, 5.74) is 1.26. The van der Waals surface area contributed by atoms with E-state index in [9.17, 15) is 18.4 Å². The van der Waals surface area contributed by atoms with Crippen LogP contribution in [-0.4, -0.2) is 25.6 Å². The van der Waals surface area contributed by atoms with Gasteiger partial charge in [0.1, 0.15) is 5.82 Å². The predicted molar refractivity (Wildman–Crippen MR) is 83.0 cm³/mol. The monoisotopic (exact) mass is 335 g/mol. The van der Waals surface area contributed by atoms with Crippen LogP contribution in [0.3, 0.4) is 0 Å². The maximum Gasteiger partial charge on any atom is 0.338 e. The first kappa shape index (κ1) is 17.4. The average Bonchev–Trinajstić information content (AvgIpc) is 2.55. The van der Waals surface area contributed by atoms with Crippen molar-refractivity contribution in [1.29, 1.82) is 0 Å². The fraction of sp³-hybridized carbons (Fsp3) is 0.176. The summed E-state index contributed by atoms with van der Waals surface area (Å²) in [6.45, 7) is 1.19. The number of carbonyl (C=O) groups is 2. The molecule has 2 aromatic carbocycles. The van der Waals surface area contributed by atoms with Gasteiger partial charge in [-0.05, 0) is 36.8 Å². The number of hydrogen-bond donors (Lipinski definition) is 1. The first-order valence-electron chi connectivity index (χ1n) is 6.98. The van der Waals surface area contributed by atoms with Crippen LogP contribution in [0.5, 0.6) is 5.75 Å². The lowest BCUT2D eigenvalue weighted by Gasteiger charge is -2.12. The zero-order valence-corrected chi connectivity index (χ0v) is 13.1. The molecule has 0 bridgehead atoms. The molecule has 1 amide bonds. The number of amides is 1. The second kappa shape index (κ2) is 7.54. The van der Waals surface area contributed by atoms with Gasteiger partial charge in [0.15, 0.2) is 18.2 Å². The summed E-state index contributed by atoms with van der Waals surface area (Å²) >= 11 is 0. The van der Waals surface area contributed by atoms with Crippen LogP contribution in [0.2, 0.25) is 0 Å². The first-order valence-corrected chi connectivity index (χ1v) is 6.98. The maximum absolute atomic E-state index is 13.4. The third kappa shape index (κ3) is 4.07. The molecular weight excluding hydrogens is 320 g/mol. The van der Waals surface area contributed by atoms with Gasteiger partial charge in [-0.3, -0.25) is 4.79 Å². The molecule has 7 heteroatoms. The molecule has 0 unspecified atom stereocenters. The fourth-order valence-electron chi connectivity index (χ4n) is 2.02. The number of esters is 1. The van der Waals surface area contributed by atoms with Crippen LogP contribution < -0.4 is 10.1 Å². The molecule has 0 radical (unpaired) electrons. The van der Waals surface area contributed by atoms with E-state index in [1.54, 1.807) is 25.1 Å². The van der Waals surface area contributed by atoms with Crippen molar-refractivity contribution in [3.8, 4) is 5.75 Å². The summed E-state index contributed by atoms with van der Waals surface area (Å²) < 4.78 is 35.9. The predicted octanol–water partition coefficient (Wildman–Crippen LogP) is 3.08. The Labute approximate surface area is 137 Å². The molecule has 0 fully saturated rings. The zero-order chi connectivity index (χ0) is 17.7. The van der Waals surface area contributed by atoms with Gasteiger partial charge in [-0.1, -0.05) is 6.07 Å². The van der Waals surface area contributed by atoms with E-state index < -0.39 is 30.1 Å². The average molecular weight is 335 g/mol. The maximum atomic E-state index is 13.4. The number of halogens is 2. The highest BCUT2D eigenvalue weighted by atomic mass is 19.1. The van der Waals surface area contributed by atoms with Gasteiger partial charge in [0.05, 0.1) is 12.7 Å². The van der Waals surface area contributed by atoms with Crippen molar-refractivity contribution in [1.82, 2.24) is 0 Å². The highest BCUT2D eigenvalue weighted by Gasteiger charge is 2.14. The van der Waals surface area contributed by atoms with Crippen molar-refractivity contribution in [2.24, 2.45) is 0 Å². The molecular formula is C17H15F2NO4. The van der Waals surface area contributed by atoms with E-state index in [1.165, 1.54) is 7.11 Å². The molecule has 0 spiro atoms. The quantitative estimate of drug-likeness (QED) is 0.853. The molecule has 0 aliphatic rings. The molecule has 0 saturated heterocycles. The van der Waals surface area contributed by atoms with E-state index >= 15 is 0 Å². The number of nitrogens with one attached hydrogen (secondary N) is 1. The lowest BCUT2D eigenvalue weighted by molar-refractivity contribution is -0.118. The van der Waals surface area contributed by atoms with Crippen molar-refractivity contribution >= 4 is 17.6 Å². The van der Waals surface area contributed by atoms with E-state index in [0.717, 1.165) is 12.1 Å². The number of anilines is 1. The summed E-state index contributed by atoms with van der Waals surface area (Å²) in [5, 5.41) is 2.56. The molecule has 0 aliphatic heterocycles. The Morgan fingerprint density at radius 3 is 2.58 bits per heavy atom. The van der Waals surface area contributed by atoms with Crippen LogP contribution in [0.1, 0.15) is 15.9 Å². The van der Waals surface area contributed by atoms with Crippen LogP contribution in [0.25, 0.3) is 0 Å². The third-order valence-corrected chi connectivity index (χ3v) is 3.27. The van der Waals surface area contributed by atoms with Gasteiger partial charge in [-0.2, -0.15) is 0 Å². The van der Waals surface area contributed by atoms with Crippen molar-refractivity contribution in [2.45, 2.75) is 6.92 Å². The Kier molecular flexibility index (Phi) is 5.47. The molecule has 5 nitrogen and oxygen atoms in total. The molecule has 0 atom stereocenters. The van der Waals surface area contributed by atoms with E-state index in [0.29, 0.717) is 22.9 Å². The molecule has 2 aromatic rings. The molecule has 126 valence electrons. The summed E-state index contributed by atoms with van der Waals surface area (Å²) in [5.74, 6) is -2.94. The van der Waals surface area contributed by atoms with Crippen molar-refractivity contribution in [3.05, 3.63) is 59.2 Å². The second-order valence-electron chi connectivity index (χ2n) is 4.88. The summed E-state index contributed by atoms with van der Waals surface area (Å²) in [6, 6.07) is 7.56.